The fraction of sp³-hybridized carbons (Fsp3) is 0.250. The van der Waals surface area contributed by atoms with Gasteiger partial charge < -0.3 is 14.2 Å². The van der Waals surface area contributed by atoms with Crippen LogP contribution in [0.25, 0.3) is 0 Å². The number of azo groups is 1. The molecule has 0 aliphatic rings. The van der Waals surface area contributed by atoms with Crippen LogP contribution in [0, 0.1) is 49.6 Å². The zero-order valence-electron chi connectivity index (χ0n) is 29.3. The Balaban J connectivity index is 1.23. The van der Waals surface area contributed by atoms with Crippen LogP contribution in [0.15, 0.2) is 107 Å². The predicted molar refractivity (Wildman–Crippen MR) is 200 cm³/mol. The minimum absolute atomic E-state index is 0.330. The molecule has 4 aromatic rings. The summed E-state index contributed by atoms with van der Waals surface area (Å²) in [4.78, 5) is 11.3. The molecule has 4 aromatic carbocycles. The molecule has 0 aliphatic heterocycles. The number of unbranched alkanes of at least 4 members (excludes halogenated alkanes) is 3. The van der Waals surface area contributed by atoms with E-state index in [9.17, 15) is 4.79 Å². The van der Waals surface area contributed by atoms with Crippen molar-refractivity contribution in [3.63, 3.8) is 0 Å². The molecule has 50 heavy (non-hydrogen) atoms. The maximum Gasteiger partial charge on any atom is 0.333 e. The van der Waals surface area contributed by atoms with Gasteiger partial charge in [0.25, 0.3) is 0 Å². The molecule has 0 N–H and O–H groups in total. The summed E-state index contributed by atoms with van der Waals surface area (Å²) < 4.78 is 16.0. The Labute approximate surface area is 296 Å². The second kappa shape index (κ2) is 19.7. The number of ether oxygens (including phenoxy) is 3. The van der Waals surface area contributed by atoms with E-state index >= 15 is 0 Å². The maximum atomic E-state index is 11.3. The van der Waals surface area contributed by atoms with E-state index in [2.05, 4.69) is 58.6 Å². The molecule has 6 nitrogen and oxygen atoms in total. The summed E-state index contributed by atoms with van der Waals surface area (Å²) in [5, 5.41) is 8.77. The van der Waals surface area contributed by atoms with Gasteiger partial charge in [0.1, 0.15) is 18.5 Å². The van der Waals surface area contributed by atoms with Gasteiger partial charge in [-0.05, 0) is 155 Å². The van der Waals surface area contributed by atoms with Crippen molar-refractivity contribution in [2.75, 3.05) is 19.8 Å². The van der Waals surface area contributed by atoms with Crippen LogP contribution in [0.2, 0.25) is 0 Å². The van der Waals surface area contributed by atoms with Crippen molar-refractivity contribution in [2.24, 2.45) is 10.2 Å². The van der Waals surface area contributed by atoms with Crippen LogP contribution in [0.1, 0.15) is 78.5 Å². The second-order valence-electron chi connectivity index (χ2n) is 11.6. The average Bonchev–Trinajstić information content (AvgIpc) is 3.12. The molecule has 0 unspecified atom stereocenters. The van der Waals surface area contributed by atoms with Gasteiger partial charge in [-0.3, -0.25) is 0 Å². The Morgan fingerprint density at radius 1 is 0.680 bits per heavy atom. The normalized spacial score (nSPS) is 10.2. The molecular weight excluding hydrogens is 620 g/mol. The number of carbonyl (C=O) groups excluding carboxylic acids is 1. The molecular formula is C44H42N2O4. The minimum Gasteiger partial charge on any atom is -0.494 e. The smallest absolute Gasteiger partial charge is 0.333 e. The van der Waals surface area contributed by atoms with Crippen molar-refractivity contribution in [2.45, 2.75) is 53.4 Å². The van der Waals surface area contributed by atoms with Gasteiger partial charge in [-0.15, -0.1) is 0 Å². The van der Waals surface area contributed by atoms with E-state index < -0.39 is 0 Å². The lowest BCUT2D eigenvalue weighted by Gasteiger charge is -2.03. The topological polar surface area (TPSA) is 69.5 Å². The first-order chi connectivity index (χ1) is 24.3. The van der Waals surface area contributed by atoms with Gasteiger partial charge in [0, 0.05) is 33.4 Å². The third kappa shape index (κ3) is 12.5. The van der Waals surface area contributed by atoms with Crippen molar-refractivity contribution in [1.82, 2.24) is 0 Å². The molecule has 0 fully saturated rings. The van der Waals surface area contributed by atoms with Crippen LogP contribution in [0.5, 0.6) is 5.75 Å². The maximum absolute atomic E-state index is 11.3. The van der Waals surface area contributed by atoms with Gasteiger partial charge in [-0.2, -0.15) is 10.2 Å². The van der Waals surface area contributed by atoms with E-state index in [4.69, 9.17) is 14.2 Å². The van der Waals surface area contributed by atoms with Crippen molar-refractivity contribution < 1.29 is 19.0 Å². The van der Waals surface area contributed by atoms with Gasteiger partial charge in [0.2, 0.25) is 0 Å². The van der Waals surface area contributed by atoms with Crippen molar-refractivity contribution in [1.29, 1.82) is 0 Å². The summed E-state index contributed by atoms with van der Waals surface area (Å²) in [6.07, 6.45) is 6.47. The fourth-order valence-electron chi connectivity index (χ4n) is 4.60. The highest BCUT2D eigenvalue weighted by Crippen LogP contribution is 2.24. The number of rotatable bonds is 12. The second-order valence-corrected chi connectivity index (χ2v) is 11.6. The lowest BCUT2D eigenvalue weighted by atomic mass is 10.0. The van der Waals surface area contributed by atoms with Gasteiger partial charge >= 0.3 is 5.97 Å². The summed E-state index contributed by atoms with van der Waals surface area (Å²) in [7, 11) is 0. The summed E-state index contributed by atoms with van der Waals surface area (Å²) in [5.74, 6) is 16.6. The number of benzene rings is 4. The van der Waals surface area contributed by atoms with E-state index in [0.29, 0.717) is 25.4 Å². The van der Waals surface area contributed by atoms with Crippen LogP contribution in [-0.2, 0) is 14.3 Å². The van der Waals surface area contributed by atoms with Crippen LogP contribution < -0.4 is 4.74 Å². The number of carbonyl (C=O) groups is 1. The lowest BCUT2D eigenvalue weighted by molar-refractivity contribution is -0.139. The molecule has 0 saturated heterocycles. The summed E-state index contributed by atoms with van der Waals surface area (Å²) in [6, 6.07) is 27.3. The first-order valence-electron chi connectivity index (χ1n) is 16.8. The Kier molecular flexibility index (Phi) is 14.5. The standard InChI is InChI=1S/C44H42N2O4/c1-6-49-42-24-22-41(23-25-42)45-46-43-26-19-39(32-35(43)5)16-15-38-18-21-40(34(4)31-38)20-17-36-11-13-37(14-12-36)27-30-48-28-9-7-8-10-29-50-44(47)33(2)3/h11-14,18-19,21-26,31-32H,2,6-10,28-29H2,1,3-5H3. The number of hydrogen-bond donors (Lipinski definition) is 0. The molecule has 6 heteroatoms. The predicted octanol–water partition coefficient (Wildman–Crippen LogP) is 9.92. The summed E-state index contributed by atoms with van der Waals surface area (Å²) >= 11 is 0. The van der Waals surface area contributed by atoms with E-state index in [1.807, 2.05) is 99.6 Å². The van der Waals surface area contributed by atoms with Crippen molar-refractivity contribution in [3.8, 4) is 41.5 Å². The number of esters is 1. The molecule has 0 aliphatic carbocycles. The Hall–Kier alpha value is -6.03. The Morgan fingerprint density at radius 3 is 1.92 bits per heavy atom. The zero-order valence-corrected chi connectivity index (χ0v) is 29.3. The number of aryl methyl sites for hydroxylation is 2. The SMILES string of the molecule is C=C(C)C(=O)OCCCCCCOC#Cc1ccc(C#Cc2ccc(C#Cc3ccc(N=Nc4ccc(OCC)cc4)c(C)c3)cc2C)cc1. The first kappa shape index (κ1) is 36.8. The molecule has 0 heterocycles. The Morgan fingerprint density at radius 2 is 1.28 bits per heavy atom. The molecule has 0 amide bonds. The molecule has 0 aromatic heterocycles. The first-order valence-corrected chi connectivity index (χ1v) is 16.8. The largest absolute Gasteiger partial charge is 0.494 e. The Bertz CT molecular complexity index is 1990. The van der Waals surface area contributed by atoms with Gasteiger partial charge in [-0.1, -0.05) is 30.3 Å². The monoisotopic (exact) mass is 662 g/mol. The molecule has 0 spiro atoms. The minimum atomic E-state index is -0.330. The molecule has 0 atom stereocenters. The molecule has 0 radical (unpaired) electrons. The van der Waals surface area contributed by atoms with E-state index in [0.717, 1.165) is 81.8 Å². The number of hydrogen-bond acceptors (Lipinski definition) is 6. The zero-order chi connectivity index (χ0) is 35.6. The molecule has 0 bridgehead atoms. The van der Waals surface area contributed by atoms with Crippen molar-refractivity contribution in [3.05, 3.63) is 136 Å². The van der Waals surface area contributed by atoms with Crippen LogP contribution in [-0.4, -0.2) is 25.8 Å². The van der Waals surface area contributed by atoms with Crippen LogP contribution in [0.4, 0.5) is 11.4 Å². The van der Waals surface area contributed by atoms with Gasteiger partial charge in [-0.25, -0.2) is 4.79 Å². The summed E-state index contributed by atoms with van der Waals surface area (Å²) in [6.45, 7) is 12.9. The molecule has 0 saturated carbocycles. The molecule has 252 valence electrons. The van der Waals surface area contributed by atoms with Crippen molar-refractivity contribution >= 4 is 17.3 Å². The van der Waals surface area contributed by atoms with E-state index in [1.165, 1.54) is 0 Å². The van der Waals surface area contributed by atoms with E-state index in [1.54, 1.807) is 6.92 Å². The lowest BCUT2D eigenvalue weighted by Crippen LogP contribution is -2.06. The highest BCUT2D eigenvalue weighted by Gasteiger charge is 2.02. The fourth-order valence-corrected chi connectivity index (χ4v) is 4.60. The van der Waals surface area contributed by atoms with Crippen LogP contribution >= 0.6 is 0 Å². The third-order valence-electron chi connectivity index (χ3n) is 7.41. The highest BCUT2D eigenvalue weighted by molar-refractivity contribution is 5.86. The number of nitrogens with zero attached hydrogens (tertiary/aromatic N) is 2. The van der Waals surface area contributed by atoms with Gasteiger partial charge in [0.15, 0.2) is 0 Å². The van der Waals surface area contributed by atoms with Gasteiger partial charge in [0.05, 0.1) is 24.6 Å². The van der Waals surface area contributed by atoms with E-state index in [-0.39, 0.29) is 5.97 Å². The molecule has 4 rings (SSSR count). The van der Waals surface area contributed by atoms with Crippen LogP contribution in [0.3, 0.4) is 0 Å². The highest BCUT2D eigenvalue weighted by atomic mass is 16.5. The summed E-state index contributed by atoms with van der Waals surface area (Å²) in [5.41, 5.74) is 8.64. The quantitative estimate of drug-likeness (QED) is 0.0498. The third-order valence-corrected chi connectivity index (χ3v) is 7.41. The average molecular weight is 663 g/mol.